The van der Waals surface area contributed by atoms with E-state index in [-0.39, 0.29) is 6.04 Å². The highest BCUT2D eigenvalue weighted by Gasteiger charge is 2.27. The van der Waals surface area contributed by atoms with Gasteiger partial charge in [0, 0.05) is 19.3 Å². The van der Waals surface area contributed by atoms with Crippen molar-refractivity contribution in [3.8, 4) is 0 Å². The molecule has 1 aliphatic rings. The molecule has 4 nitrogen and oxygen atoms in total. The topological polar surface area (TPSA) is 55.0 Å². The number of nitrogens with two attached hydrogens (primary N) is 1. The van der Waals surface area contributed by atoms with Crippen molar-refractivity contribution in [3.63, 3.8) is 0 Å². The lowest BCUT2D eigenvalue weighted by Crippen LogP contribution is -2.32. The normalized spacial score (nSPS) is 23.5. The minimum Gasteiger partial charge on any atom is -0.329 e. The average molecular weight is 220 g/mol. The zero-order valence-electron chi connectivity index (χ0n) is 9.84. The lowest BCUT2D eigenvalue weighted by molar-refractivity contribution is 0.236. The second-order valence-corrected chi connectivity index (χ2v) is 4.44. The van der Waals surface area contributed by atoms with E-state index < -0.39 is 0 Å². The van der Waals surface area contributed by atoms with Crippen LogP contribution in [0, 0.1) is 5.92 Å². The van der Waals surface area contributed by atoms with Crippen molar-refractivity contribution in [2.24, 2.45) is 11.7 Å². The number of hydrogen-bond donors (Lipinski definition) is 1. The van der Waals surface area contributed by atoms with E-state index in [1.54, 1.807) is 12.5 Å². The molecule has 1 aromatic rings. The van der Waals surface area contributed by atoms with Crippen molar-refractivity contribution in [2.45, 2.75) is 25.8 Å². The molecule has 0 spiro atoms. The summed E-state index contributed by atoms with van der Waals surface area (Å²) in [5.41, 5.74) is 6.92. The Morgan fingerprint density at radius 3 is 3.06 bits per heavy atom. The molecule has 2 heterocycles. The van der Waals surface area contributed by atoms with Crippen molar-refractivity contribution in [1.82, 2.24) is 14.9 Å². The molecule has 16 heavy (non-hydrogen) atoms. The second kappa shape index (κ2) is 5.37. The molecule has 1 saturated heterocycles. The molecule has 2 N–H and O–H groups in total. The quantitative estimate of drug-likeness (QED) is 0.828. The van der Waals surface area contributed by atoms with E-state index in [9.17, 15) is 0 Å². The van der Waals surface area contributed by atoms with Crippen LogP contribution in [0.2, 0.25) is 0 Å². The fraction of sp³-hybridized carbons (Fsp3) is 0.667. The van der Waals surface area contributed by atoms with Crippen LogP contribution in [-0.2, 0) is 0 Å². The van der Waals surface area contributed by atoms with Crippen LogP contribution in [0.15, 0.2) is 18.6 Å². The monoisotopic (exact) mass is 220 g/mol. The molecule has 2 atom stereocenters. The summed E-state index contributed by atoms with van der Waals surface area (Å²) in [6.07, 6.45) is 5.94. The van der Waals surface area contributed by atoms with Crippen LogP contribution in [0.5, 0.6) is 0 Å². The fourth-order valence-electron chi connectivity index (χ4n) is 2.43. The molecule has 2 unspecified atom stereocenters. The number of hydrogen-bond acceptors (Lipinski definition) is 4. The van der Waals surface area contributed by atoms with Gasteiger partial charge in [0.05, 0.1) is 11.7 Å². The molecule has 1 aromatic heterocycles. The Bertz CT molecular complexity index is 314. The Hall–Kier alpha value is -1.00. The summed E-state index contributed by atoms with van der Waals surface area (Å²) in [6.45, 7) is 5.19. The van der Waals surface area contributed by atoms with Gasteiger partial charge in [-0.05, 0) is 24.9 Å². The van der Waals surface area contributed by atoms with Gasteiger partial charge in [-0.1, -0.05) is 13.3 Å². The summed E-state index contributed by atoms with van der Waals surface area (Å²) in [6, 6.07) is 2.23. The lowest BCUT2D eigenvalue weighted by Gasteiger charge is -2.25. The molecule has 0 radical (unpaired) electrons. The van der Waals surface area contributed by atoms with E-state index in [0.717, 1.165) is 24.7 Å². The molecule has 4 heteroatoms. The first kappa shape index (κ1) is 11.5. The van der Waals surface area contributed by atoms with Crippen molar-refractivity contribution in [3.05, 3.63) is 24.3 Å². The van der Waals surface area contributed by atoms with Crippen molar-refractivity contribution in [2.75, 3.05) is 19.6 Å². The first-order valence-corrected chi connectivity index (χ1v) is 6.05. The number of aromatic nitrogens is 2. The van der Waals surface area contributed by atoms with Gasteiger partial charge in [0.2, 0.25) is 0 Å². The van der Waals surface area contributed by atoms with Gasteiger partial charge in [0.25, 0.3) is 0 Å². The van der Waals surface area contributed by atoms with Crippen LogP contribution in [0.3, 0.4) is 0 Å². The SMILES string of the molecule is CCC1CCN(C(CN)c2ccncn2)C1. The van der Waals surface area contributed by atoms with E-state index >= 15 is 0 Å². The predicted octanol–water partition coefficient (Wildman–Crippen LogP) is 1.21. The summed E-state index contributed by atoms with van der Waals surface area (Å²) in [5.74, 6) is 0.830. The van der Waals surface area contributed by atoms with Crippen LogP contribution in [0.4, 0.5) is 0 Å². The Labute approximate surface area is 96.9 Å². The zero-order chi connectivity index (χ0) is 11.4. The molecule has 1 aliphatic heterocycles. The molecule has 2 rings (SSSR count). The van der Waals surface area contributed by atoms with Gasteiger partial charge in [-0.15, -0.1) is 0 Å². The molecule has 1 fully saturated rings. The number of nitrogens with zero attached hydrogens (tertiary/aromatic N) is 3. The molecule has 0 aliphatic carbocycles. The first-order valence-electron chi connectivity index (χ1n) is 6.05. The Kier molecular flexibility index (Phi) is 3.85. The van der Waals surface area contributed by atoms with Crippen LogP contribution in [0.1, 0.15) is 31.5 Å². The van der Waals surface area contributed by atoms with Gasteiger partial charge in [-0.3, -0.25) is 4.90 Å². The molecular weight excluding hydrogens is 200 g/mol. The highest BCUT2D eigenvalue weighted by Crippen LogP contribution is 2.27. The predicted molar refractivity (Wildman–Crippen MR) is 63.8 cm³/mol. The smallest absolute Gasteiger partial charge is 0.115 e. The van der Waals surface area contributed by atoms with Gasteiger partial charge >= 0.3 is 0 Å². The van der Waals surface area contributed by atoms with Crippen LogP contribution in [-0.4, -0.2) is 34.5 Å². The van der Waals surface area contributed by atoms with E-state index in [0.29, 0.717) is 6.54 Å². The Morgan fingerprint density at radius 1 is 1.62 bits per heavy atom. The van der Waals surface area contributed by atoms with Crippen LogP contribution < -0.4 is 5.73 Å². The third-order valence-corrected chi connectivity index (χ3v) is 3.50. The maximum Gasteiger partial charge on any atom is 0.115 e. The molecule has 0 amide bonds. The number of likely N-dealkylation sites (tertiary alicyclic amines) is 1. The Morgan fingerprint density at radius 2 is 2.50 bits per heavy atom. The summed E-state index contributed by atoms with van der Waals surface area (Å²) in [5, 5.41) is 0. The fourth-order valence-corrected chi connectivity index (χ4v) is 2.43. The zero-order valence-corrected chi connectivity index (χ0v) is 9.84. The maximum atomic E-state index is 5.87. The summed E-state index contributed by atoms with van der Waals surface area (Å²) >= 11 is 0. The van der Waals surface area contributed by atoms with Crippen molar-refractivity contribution < 1.29 is 0 Å². The van der Waals surface area contributed by atoms with Gasteiger partial charge in [0.15, 0.2) is 0 Å². The van der Waals surface area contributed by atoms with Crippen molar-refractivity contribution in [1.29, 1.82) is 0 Å². The standard InChI is InChI=1S/C12H20N4/c1-2-10-4-6-16(8-10)12(7-13)11-3-5-14-9-15-11/h3,5,9-10,12H,2,4,6-8,13H2,1H3. The molecule has 88 valence electrons. The molecule has 0 aromatic carbocycles. The molecule has 0 saturated carbocycles. The number of rotatable bonds is 4. The van der Waals surface area contributed by atoms with E-state index in [4.69, 9.17) is 5.73 Å². The van der Waals surface area contributed by atoms with Gasteiger partial charge in [-0.2, -0.15) is 0 Å². The third-order valence-electron chi connectivity index (χ3n) is 3.50. The molecule has 0 bridgehead atoms. The minimum atomic E-state index is 0.263. The highest BCUT2D eigenvalue weighted by atomic mass is 15.2. The van der Waals surface area contributed by atoms with E-state index in [1.165, 1.54) is 12.8 Å². The Balaban J connectivity index is 2.06. The average Bonchev–Trinajstić information content (AvgIpc) is 2.80. The molecular formula is C12H20N4. The van der Waals surface area contributed by atoms with Crippen LogP contribution >= 0.6 is 0 Å². The maximum absolute atomic E-state index is 5.87. The van der Waals surface area contributed by atoms with Crippen LogP contribution in [0.25, 0.3) is 0 Å². The first-order chi connectivity index (χ1) is 7.85. The third kappa shape index (κ3) is 2.39. The summed E-state index contributed by atoms with van der Waals surface area (Å²) in [7, 11) is 0. The lowest BCUT2D eigenvalue weighted by atomic mass is 10.1. The largest absolute Gasteiger partial charge is 0.329 e. The second-order valence-electron chi connectivity index (χ2n) is 4.44. The van der Waals surface area contributed by atoms with Crippen molar-refractivity contribution >= 4 is 0 Å². The highest BCUT2D eigenvalue weighted by molar-refractivity contribution is 5.06. The van der Waals surface area contributed by atoms with Gasteiger partial charge < -0.3 is 5.73 Å². The minimum absolute atomic E-state index is 0.263. The van der Waals surface area contributed by atoms with E-state index in [1.807, 2.05) is 6.07 Å². The van der Waals surface area contributed by atoms with Gasteiger partial charge in [-0.25, -0.2) is 9.97 Å². The summed E-state index contributed by atoms with van der Waals surface area (Å²) < 4.78 is 0. The van der Waals surface area contributed by atoms with Gasteiger partial charge in [0.1, 0.15) is 6.33 Å². The van der Waals surface area contributed by atoms with E-state index in [2.05, 4.69) is 21.8 Å². The summed E-state index contributed by atoms with van der Waals surface area (Å²) in [4.78, 5) is 10.7.